The van der Waals surface area contributed by atoms with Gasteiger partial charge in [0.25, 0.3) is 5.56 Å². The van der Waals surface area contributed by atoms with Gasteiger partial charge in [0.1, 0.15) is 5.82 Å². The van der Waals surface area contributed by atoms with Gasteiger partial charge in [-0.15, -0.1) is 0 Å². The lowest BCUT2D eigenvalue weighted by atomic mass is 10.2. The summed E-state index contributed by atoms with van der Waals surface area (Å²) in [6, 6.07) is 12.0. The molecule has 3 rings (SSSR count). The number of phenols is 1. The summed E-state index contributed by atoms with van der Waals surface area (Å²) in [7, 11) is 1.48. The van der Waals surface area contributed by atoms with E-state index in [1.165, 1.54) is 24.1 Å². The summed E-state index contributed by atoms with van der Waals surface area (Å²) in [6.45, 7) is 1.72. The second-order valence-corrected chi connectivity index (χ2v) is 4.97. The fourth-order valence-electron chi connectivity index (χ4n) is 2.28. The highest BCUT2D eigenvalue weighted by Gasteiger charge is 2.06. The van der Waals surface area contributed by atoms with Crippen molar-refractivity contribution < 1.29 is 9.84 Å². The fourth-order valence-corrected chi connectivity index (χ4v) is 2.28. The molecule has 1 heterocycles. The SMILES string of the molecule is COc1ccc(/C=N/n2c(C)nc3ccccc3c2=O)cc1O. The Morgan fingerprint density at radius 3 is 2.78 bits per heavy atom. The van der Waals surface area contributed by atoms with Gasteiger partial charge in [-0.1, -0.05) is 12.1 Å². The van der Waals surface area contributed by atoms with Crippen LogP contribution in [-0.4, -0.2) is 28.1 Å². The number of ether oxygens (including phenoxy) is 1. The maximum absolute atomic E-state index is 12.5. The first-order valence-corrected chi connectivity index (χ1v) is 7.00. The molecule has 0 atom stereocenters. The second kappa shape index (κ2) is 5.92. The zero-order valence-electron chi connectivity index (χ0n) is 12.7. The van der Waals surface area contributed by atoms with Crippen molar-refractivity contribution in [1.82, 2.24) is 9.66 Å². The van der Waals surface area contributed by atoms with Gasteiger partial charge in [0.05, 0.1) is 24.2 Å². The predicted molar refractivity (Wildman–Crippen MR) is 88.4 cm³/mol. The molecule has 0 spiro atoms. The summed E-state index contributed by atoms with van der Waals surface area (Å²) in [4.78, 5) is 16.9. The first-order chi connectivity index (χ1) is 11.1. The van der Waals surface area contributed by atoms with Crippen LogP contribution in [0.3, 0.4) is 0 Å². The largest absolute Gasteiger partial charge is 0.504 e. The monoisotopic (exact) mass is 309 g/mol. The topological polar surface area (TPSA) is 76.7 Å². The highest BCUT2D eigenvalue weighted by Crippen LogP contribution is 2.25. The minimum atomic E-state index is -0.234. The van der Waals surface area contributed by atoms with Crippen LogP contribution in [0.25, 0.3) is 10.9 Å². The van der Waals surface area contributed by atoms with Crippen molar-refractivity contribution in [1.29, 1.82) is 0 Å². The molecule has 0 saturated carbocycles. The number of fused-ring (bicyclic) bond motifs is 1. The molecule has 0 radical (unpaired) electrons. The molecule has 0 bridgehead atoms. The van der Waals surface area contributed by atoms with E-state index in [9.17, 15) is 9.90 Å². The number of rotatable bonds is 3. The van der Waals surface area contributed by atoms with Crippen molar-refractivity contribution in [2.24, 2.45) is 5.10 Å². The number of phenolic OH excluding ortho intramolecular Hbond substituents is 1. The lowest BCUT2D eigenvalue weighted by Crippen LogP contribution is -2.20. The number of nitrogens with zero attached hydrogens (tertiary/aromatic N) is 3. The van der Waals surface area contributed by atoms with Gasteiger partial charge in [-0.2, -0.15) is 9.78 Å². The Kier molecular flexibility index (Phi) is 3.80. The fraction of sp³-hybridized carbons (Fsp3) is 0.118. The molecule has 1 aromatic heterocycles. The van der Waals surface area contributed by atoms with E-state index in [2.05, 4.69) is 10.1 Å². The van der Waals surface area contributed by atoms with E-state index >= 15 is 0 Å². The lowest BCUT2D eigenvalue weighted by Gasteiger charge is -2.06. The highest BCUT2D eigenvalue weighted by atomic mass is 16.5. The van der Waals surface area contributed by atoms with Crippen molar-refractivity contribution in [2.45, 2.75) is 6.92 Å². The normalized spacial score (nSPS) is 11.2. The molecule has 0 unspecified atom stereocenters. The van der Waals surface area contributed by atoms with E-state index in [4.69, 9.17) is 4.74 Å². The van der Waals surface area contributed by atoms with Crippen LogP contribution in [0.1, 0.15) is 11.4 Å². The quantitative estimate of drug-likeness (QED) is 0.753. The Morgan fingerprint density at radius 2 is 2.04 bits per heavy atom. The van der Waals surface area contributed by atoms with Crippen molar-refractivity contribution in [3.05, 3.63) is 64.2 Å². The zero-order chi connectivity index (χ0) is 16.4. The van der Waals surface area contributed by atoms with Crippen LogP contribution in [-0.2, 0) is 0 Å². The second-order valence-electron chi connectivity index (χ2n) is 4.97. The van der Waals surface area contributed by atoms with Crippen LogP contribution in [0.4, 0.5) is 0 Å². The van der Waals surface area contributed by atoms with Crippen LogP contribution in [0.2, 0.25) is 0 Å². The summed E-state index contributed by atoms with van der Waals surface area (Å²) < 4.78 is 6.23. The molecule has 6 heteroatoms. The molecule has 1 N–H and O–H groups in total. The van der Waals surface area contributed by atoms with Gasteiger partial charge in [-0.25, -0.2) is 4.98 Å². The van der Waals surface area contributed by atoms with E-state index in [1.807, 2.05) is 6.07 Å². The Bertz CT molecular complexity index is 961. The standard InChI is InChI=1S/C17H15N3O3/c1-11-19-14-6-4-3-5-13(14)17(22)20(11)18-10-12-7-8-16(23-2)15(21)9-12/h3-10,21H,1-2H3/b18-10+. The number of aromatic hydroxyl groups is 1. The summed E-state index contributed by atoms with van der Waals surface area (Å²) in [5, 5.41) is 14.5. The van der Waals surface area contributed by atoms with Crippen molar-refractivity contribution in [2.75, 3.05) is 7.11 Å². The number of hydrogen-bond acceptors (Lipinski definition) is 5. The number of methoxy groups -OCH3 is 1. The Balaban J connectivity index is 2.04. The molecule has 0 fully saturated rings. The van der Waals surface area contributed by atoms with E-state index in [-0.39, 0.29) is 11.3 Å². The predicted octanol–water partition coefficient (Wildman–Crippen LogP) is 2.30. The smallest absolute Gasteiger partial charge is 0.282 e. The van der Waals surface area contributed by atoms with Gasteiger partial charge in [-0.05, 0) is 42.8 Å². The van der Waals surface area contributed by atoms with Gasteiger partial charge in [0, 0.05) is 0 Å². The maximum Gasteiger partial charge on any atom is 0.282 e. The number of benzene rings is 2. The molecule has 0 aliphatic carbocycles. The molecule has 0 amide bonds. The summed E-state index contributed by atoms with van der Waals surface area (Å²) in [5.41, 5.74) is 1.05. The maximum atomic E-state index is 12.5. The number of aryl methyl sites for hydroxylation is 1. The molecule has 0 aliphatic heterocycles. The molecule has 3 aromatic rings. The average Bonchev–Trinajstić information content (AvgIpc) is 2.55. The minimum Gasteiger partial charge on any atom is -0.504 e. The van der Waals surface area contributed by atoms with Gasteiger partial charge < -0.3 is 9.84 Å². The zero-order valence-corrected chi connectivity index (χ0v) is 12.7. The molecule has 116 valence electrons. The minimum absolute atomic E-state index is 0.0113. The van der Waals surface area contributed by atoms with E-state index in [1.54, 1.807) is 37.3 Å². The third-order valence-electron chi connectivity index (χ3n) is 3.44. The number of aromatic nitrogens is 2. The van der Waals surface area contributed by atoms with Crippen molar-refractivity contribution in [3.63, 3.8) is 0 Å². The van der Waals surface area contributed by atoms with Crippen LogP contribution in [0, 0.1) is 6.92 Å². The summed E-state index contributed by atoms with van der Waals surface area (Å²) in [5.74, 6) is 0.878. The molecule has 0 saturated heterocycles. The van der Waals surface area contributed by atoms with Crippen molar-refractivity contribution >= 4 is 17.1 Å². The first-order valence-electron chi connectivity index (χ1n) is 7.00. The van der Waals surface area contributed by atoms with Crippen LogP contribution >= 0.6 is 0 Å². The van der Waals surface area contributed by atoms with Crippen molar-refractivity contribution in [3.8, 4) is 11.5 Å². The molecule has 6 nitrogen and oxygen atoms in total. The molecular formula is C17H15N3O3. The average molecular weight is 309 g/mol. The number of hydrogen-bond donors (Lipinski definition) is 1. The Labute approximate surface area is 132 Å². The van der Waals surface area contributed by atoms with Gasteiger partial charge in [-0.3, -0.25) is 4.79 Å². The summed E-state index contributed by atoms with van der Waals surface area (Å²) >= 11 is 0. The van der Waals surface area contributed by atoms with Gasteiger partial charge >= 0.3 is 0 Å². The van der Waals surface area contributed by atoms with E-state index < -0.39 is 0 Å². The van der Waals surface area contributed by atoms with Crippen LogP contribution in [0.15, 0.2) is 52.4 Å². The number of para-hydroxylation sites is 1. The Morgan fingerprint density at radius 1 is 1.26 bits per heavy atom. The summed E-state index contributed by atoms with van der Waals surface area (Å²) in [6.07, 6.45) is 1.49. The lowest BCUT2D eigenvalue weighted by molar-refractivity contribution is 0.373. The Hall–Kier alpha value is -3.15. The van der Waals surface area contributed by atoms with Crippen LogP contribution in [0.5, 0.6) is 11.5 Å². The van der Waals surface area contributed by atoms with Gasteiger partial charge in [0.2, 0.25) is 0 Å². The third-order valence-corrected chi connectivity index (χ3v) is 3.44. The highest BCUT2D eigenvalue weighted by molar-refractivity contribution is 5.81. The third kappa shape index (κ3) is 2.78. The van der Waals surface area contributed by atoms with E-state index in [0.29, 0.717) is 28.0 Å². The molecule has 2 aromatic carbocycles. The molecule has 0 aliphatic rings. The van der Waals surface area contributed by atoms with Gasteiger partial charge in [0.15, 0.2) is 11.5 Å². The van der Waals surface area contributed by atoms with Crippen LogP contribution < -0.4 is 10.3 Å². The molecular weight excluding hydrogens is 294 g/mol. The van der Waals surface area contributed by atoms with E-state index in [0.717, 1.165) is 0 Å². The first kappa shape index (κ1) is 14.8. The molecule has 23 heavy (non-hydrogen) atoms.